The molecule has 2 aliphatic rings. The quantitative estimate of drug-likeness (QED) is 0.726. The van der Waals surface area contributed by atoms with Gasteiger partial charge in [-0.2, -0.15) is 0 Å². The van der Waals surface area contributed by atoms with Crippen molar-refractivity contribution in [2.24, 2.45) is 0 Å². The molecule has 0 unspecified atom stereocenters. The van der Waals surface area contributed by atoms with Crippen LogP contribution >= 0.6 is 27.5 Å². The summed E-state index contributed by atoms with van der Waals surface area (Å²) in [6.07, 6.45) is 3.06. The fraction of sp³-hybridized carbons (Fsp3) is 0.167. The predicted molar refractivity (Wildman–Crippen MR) is 100 cm³/mol. The molecule has 2 aromatic rings. The topological polar surface area (TPSA) is 66.0 Å². The van der Waals surface area contributed by atoms with E-state index < -0.39 is 0 Å². The lowest BCUT2D eigenvalue weighted by Gasteiger charge is -2.19. The van der Waals surface area contributed by atoms with E-state index in [2.05, 4.69) is 21.2 Å². The van der Waals surface area contributed by atoms with E-state index in [1.807, 2.05) is 0 Å². The third-order valence-electron chi connectivity index (χ3n) is 3.77. The van der Waals surface area contributed by atoms with Crippen molar-refractivity contribution in [1.29, 1.82) is 0 Å². The Balaban J connectivity index is 1.49. The van der Waals surface area contributed by atoms with Gasteiger partial charge in [0.05, 0.1) is 10.7 Å². The number of ether oxygens (including phenoxy) is 4. The van der Waals surface area contributed by atoms with Crippen LogP contribution in [-0.2, 0) is 4.79 Å². The van der Waals surface area contributed by atoms with Crippen molar-refractivity contribution in [3.8, 4) is 23.0 Å². The molecule has 0 fully saturated rings. The molecule has 0 bridgehead atoms. The van der Waals surface area contributed by atoms with Gasteiger partial charge < -0.3 is 24.3 Å². The van der Waals surface area contributed by atoms with E-state index in [4.69, 9.17) is 30.5 Å². The molecule has 134 valence electrons. The molecule has 1 amide bonds. The molecule has 0 saturated heterocycles. The Morgan fingerprint density at radius 1 is 1.04 bits per heavy atom. The number of rotatable bonds is 3. The lowest BCUT2D eigenvalue weighted by Crippen LogP contribution is -2.16. The van der Waals surface area contributed by atoms with E-state index in [0.29, 0.717) is 51.4 Å². The number of benzene rings is 2. The number of halogens is 2. The van der Waals surface area contributed by atoms with Gasteiger partial charge in [-0.05, 0) is 39.7 Å². The molecule has 0 saturated carbocycles. The molecule has 1 N–H and O–H groups in total. The molecule has 8 heteroatoms. The summed E-state index contributed by atoms with van der Waals surface area (Å²) in [5.41, 5.74) is 1.32. The number of nitrogens with one attached hydrogen (secondary N) is 1. The van der Waals surface area contributed by atoms with Gasteiger partial charge in [0.25, 0.3) is 0 Å². The van der Waals surface area contributed by atoms with Crippen molar-refractivity contribution < 1.29 is 23.7 Å². The van der Waals surface area contributed by atoms with Crippen LogP contribution in [0.3, 0.4) is 0 Å². The minimum atomic E-state index is -0.295. The molecule has 2 aliphatic heterocycles. The van der Waals surface area contributed by atoms with Gasteiger partial charge >= 0.3 is 0 Å². The maximum atomic E-state index is 12.2. The number of anilines is 1. The van der Waals surface area contributed by atoms with Crippen LogP contribution in [0.4, 0.5) is 5.69 Å². The van der Waals surface area contributed by atoms with Gasteiger partial charge in [0.2, 0.25) is 12.7 Å². The average molecular weight is 439 g/mol. The van der Waals surface area contributed by atoms with Gasteiger partial charge in [-0.3, -0.25) is 4.79 Å². The summed E-state index contributed by atoms with van der Waals surface area (Å²) >= 11 is 9.56. The summed E-state index contributed by atoms with van der Waals surface area (Å²) in [5, 5.41) is 3.24. The third-order valence-corrected chi connectivity index (χ3v) is 4.70. The van der Waals surface area contributed by atoms with E-state index in [1.54, 1.807) is 30.3 Å². The number of fused-ring (bicyclic) bond motifs is 2. The Kier molecular flexibility index (Phi) is 4.65. The summed E-state index contributed by atoms with van der Waals surface area (Å²) in [4.78, 5) is 12.2. The van der Waals surface area contributed by atoms with Crippen molar-refractivity contribution in [3.63, 3.8) is 0 Å². The minimum absolute atomic E-state index is 0.140. The predicted octanol–water partition coefficient (Wildman–Crippen LogP) is 4.25. The SMILES string of the molecule is O=C(C=Cc1cc(Cl)c2c(c1)OCO2)Nc1cc2c(cc1Br)OCCO2. The first-order valence-corrected chi connectivity index (χ1v) is 8.94. The van der Waals surface area contributed by atoms with Crippen molar-refractivity contribution in [3.05, 3.63) is 45.4 Å². The molecule has 0 radical (unpaired) electrons. The molecule has 4 rings (SSSR count). The maximum Gasteiger partial charge on any atom is 0.248 e. The lowest BCUT2D eigenvalue weighted by molar-refractivity contribution is -0.111. The van der Waals surface area contributed by atoms with Crippen molar-refractivity contribution in [2.75, 3.05) is 25.3 Å². The molecule has 0 spiro atoms. The van der Waals surface area contributed by atoms with Crippen LogP contribution in [0.2, 0.25) is 5.02 Å². The van der Waals surface area contributed by atoms with Crippen LogP contribution in [-0.4, -0.2) is 25.9 Å². The van der Waals surface area contributed by atoms with Gasteiger partial charge in [-0.15, -0.1) is 0 Å². The Morgan fingerprint density at radius 2 is 1.81 bits per heavy atom. The monoisotopic (exact) mass is 437 g/mol. The highest BCUT2D eigenvalue weighted by Crippen LogP contribution is 2.40. The average Bonchev–Trinajstić information content (AvgIpc) is 3.10. The zero-order valence-corrected chi connectivity index (χ0v) is 15.7. The maximum absolute atomic E-state index is 12.2. The van der Waals surface area contributed by atoms with E-state index in [-0.39, 0.29) is 12.7 Å². The molecule has 6 nitrogen and oxygen atoms in total. The smallest absolute Gasteiger partial charge is 0.248 e. The number of amides is 1. The van der Waals surface area contributed by atoms with Crippen LogP contribution in [0.25, 0.3) is 6.08 Å². The summed E-state index contributed by atoms with van der Waals surface area (Å²) in [6.45, 7) is 1.12. The summed E-state index contributed by atoms with van der Waals surface area (Å²) in [7, 11) is 0. The van der Waals surface area contributed by atoms with Crippen molar-refractivity contribution in [1.82, 2.24) is 0 Å². The number of hydrogen-bond donors (Lipinski definition) is 1. The highest BCUT2D eigenvalue weighted by atomic mass is 79.9. The fourth-order valence-corrected chi connectivity index (χ4v) is 3.28. The number of hydrogen-bond acceptors (Lipinski definition) is 5. The molecule has 26 heavy (non-hydrogen) atoms. The van der Waals surface area contributed by atoms with E-state index in [0.717, 1.165) is 5.56 Å². The van der Waals surface area contributed by atoms with E-state index >= 15 is 0 Å². The molecular formula is C18H13BrClNO5. The van der Waals surface area contributed by atoms with Crippen LogP contribution in [0, 0.1) is 0 Å². The Labute approximate surface area is 162 Å². The second-order valence-corrected chi connectivity index (χ2v) is 6.80. The van der Waals surface area contributed by atoms with Gasteiger partial charge in [-0.25, -0.2) is 0 Å². The van der Waals surface area contributed by atoms with E-state index in [1.165, 1.54) is 6.08 Å². The van der Waals surface area contributed by atoms with Gasteiger partial charge in [0.1, 0.15) is 13.2 Å². The van der Waals surface area contributed by atoms with Crippen LogP contribution in [0.15, 0.2) is 34.8 Å². The minimum Gasteiger partial charge on any atom is -0.486 e. The number of carbonyl (C=O) groups excluding carboxylic acids is 1. The molecule has 2 aromatic carbocycles. The summed E-state index contributed by atoms with van der Waals surface area (Å²) in [6, 6.07) is 6.96. The van der Waals surface area contributed by atoms with Gasteiger partial charge in [-0.1, -0.05) is 11.6 Å². The Hall–Kier alpha value is -2.38. The van der Waals surface area contributed by atoms with Crippen LogP contribution in [0.1, 0.15) is 5.56 Å². The first-order valence-electron chi connectivity index (χ1n) is 7.77. The second-order valence-electron chi connectivity index (χ2n) is 5.53. The molecule has 0 atom stereocenters. The lowest BCUT2D eigenvalue weighted by atomic mass is 10.2. The van der Waals surface area contributed by atoms with Crippen molar-refractivity contribution >= 4 is 45.2 Å². The first-order chi connectivity index (χ1) is 12.6. The molecule has 0 aliphatic carbocycles. The summed E-state index contributed by atoms with van der Waals surface area (Å²) < 4.78 is 22.3. The van der Waals surface area contributed by atoms with Crippen LogP contribution < -0.4 is 24.3 Å². The zero-order valence-electron chi connectivity index (χ0n) is 13.4. The molecule has 2 heterocycles. The highest BCUT2D eigenvalue weighted by Gasteiger charge is 2.18. The zero-order chi connectivity index (χ0) is 18.1. The third kappa shape index (κ3) is 3.45. The Bertz CT molecular complexity index is 915. The standard InChI is InChI=1S/C18H13BrClNO5/c19-11-7-14-15(24-4-3-23-14)8-13(11)21-17(22)2-1-10-5-12(20)18-16(6-10)25-9-26-18/h1-2,5-8H,3-4,9H2,(H,21,22). The number of carbonyl (C=O) groups is 1. The van der Waals surface area contributed by atoms with Gasteiger partial charge in [0.15, 0.2) is 23.0 Å². The van der Waals surface area contributed by atoms with E-state index in [9.17, 15) is 4.79 Å². The second kappa shape index (κ2) is 7.09. The fourth-order valence-electron chi connectivity index (χ4n) is 2.59. The van der Waals surface area contributed by atoms with Gasteiger partial charge in [0, 0.05) is 22.7 Å². The van der Waals surface area contributed by atoms with Crippen molar-refractivity contribution in [2.45, 2.75) is 0 Å². The molecule has 0 aromatic heterocycles. The Morgan fingerprint density at radius 3 is 2.62 bits per heavy atom. The normalized spacial score (nSPS) is 14.5. The largest absolute Gasteiger partial charge is 0.486 e. The molecular weight excluding hydrogens is 426 g/mol. The van der Waals surface area contributed by atoms with Crippen LogP contribution in [0.5, 0.6) is 23.0 Å². The first kappa shape index (κ1) is 17.1. The summed E-state index contributed by atoms with van der Waals surface area (Å²) in [5.74, 6) is 2.03. The highest BCUT2D eigenvalue weighted by molar-refractivity contribution is 9.10.